The van der Waals surface area contributed by atoms with E-state index in [0.717, 1.165) is 15.7 Å². The maximum absolute atomic E-state index is 12.3. The van der Waals surface area contributed by atoms with Gasteiger partial charge >= 0.3 is 0 Å². The van der Waals surface area contributed by atoms with Crippen LogP contribution in [0.25, 0.3) is 0 Å². The van der Waals surface area contributed by atoms with E-state index >= 15 is 0 Å². The van der Waals surface area contributed by atoms with Crippen molar-refractivity contribution < 1.29 is 14.4 Å². The van der Waals surface area contributed by atoms with Crippen molar-refractivity contribution in [2.45, 2.75) is 19.3 Å². The van der Waals surface area contributed by atoms with Gasteiger partial charge < -0.3 is 16.0 Å². The second-order valence-corrected chi connectivity index (χ2v) is 7.21. The molecule has 3 rings (SSSR count). The first-order valence-corrected chi connectivity index (χ1v) is 9.57. The predicted octanol–water partition coefficient (Wildman–Crippen LogP) is 2.88. The van der Waals surface area contributed by atoms with Crippen LogP contribution in [-0.4, -0.2) is 30.8 Å². The third-order valence-electron chi connectivity index (χ3n) is 4.29. The van der Waals surface area contributed by atoms with Crippen LogP contribution in [-0.2, 0) is 11.2 Å². The lowest BCUT2D eigenvalue weighted by molar-refractivity contribution is -0.116. The van der Waals surface area contributed by atoms with Crippen LogP contribution >= 0.6 is 15.9 Å². The molecule has 2 aromatic rings. The average Bonchev–Trinajstić information content (AvgIpc) is 2.67. The molecular formula is C20H20BrN3O3. The van der Waals surface area contributed by atoms with Crippen molar-refractivity contribution in [2.75, 3.05) is 18.4 Å². The maximum Gasteiger partial charge on any atom is 0.251 e. The molecule has 1 aliphatic rings. The van der Waals surface area contributed by atoms with Gasteiger partial charge in [0.2, 0.25) is 5.91 Å². The highest BCUT2D eigenvalue weighted by molar-refractivity contribution is 9.10. The smallest absolute Gasteiger partial charge is 0.251 e. The summed E-state index contributed by atoms with van der Waals surface area (Å²) < 4.78 is 0.923. The van der Waals surface area contributed by atoms with Gasteiger partial charge in [-0.1, -0.05) is 15.9 Å². The highest BCUT2D eigenvalue weighted by Gasteiger charge is 2.16. The Kier molecular flexibility index (Phi) is 6.24. The number of benzene rings is 2. The molecule has 0 aliphatic carbocycles. The topological polar surface area (TPSA) is 87.3 Å². The summed E-state index contributed by atoms with van der Waals surface area (Å²) in [7, 11) is 0. The largest absolute Gasteiger partial charge is 0.352 e. The number of hydrogen-bond donors (Lipinski definition) is 3. The van der Waals surface area contributed by atoms with Crippen molar-refractivity contribution in [3.8, 4) is 0 Å². The summed E-state index contributed by atoms with van der Waals surface area (Å²) in [6.07, 6.45) is 1.72. The predicted molar refractivity (Wildman–Crippen MR) is 107 cm³/mol. The molecule has 3 amide bonds. The summed E-state index contributed by atoms with van der Waals surface area (Å²) >= 11 is 3.33. The molecule has 0 spiro atoms. The second-order valence-electron chi connectivity index (χ2n) is 6.29. The van der Waals surface area contributed by atoms with Gasteiger partial charge in [0.1, 0.15) is 0 Å². The molecule has 2 aromatic carbocycles. The summed E-state index contributed by atoms with van der Waals surface area (Å²) in [5, 5.41) is 8.48. The molecule has 1 heterocycles. The monoisotopic (exact) mass is 429 g/mol. The Balaban J connectivity index is 1.41. The van der Waals surface area contributed by atoms with Crippen LogP contribution in [0.15, 0.2) is 46.9 Å². The fraction of sp³-hybridized carbons (Fsp3) is 0.250. The van der Waals surface area contributed by atoms with Gasteiger partial charge in [-0.2, -0.15) is 0 Å². The van der Waals surface area contributed by atoms with Crippen molar-refractivity contribution >= 4 is 39.3 Å². The Labute approximate surface area is 165 Å². The number of nitrogens with one attached hydrogen (secondary N) is 3. The van der Waals surface area contributed by atoms with Crippen molar-refractivity contribution in [1.29, 1.82) is 0 Å². The lowest BCUT2D eigenvalue weighted by Gasteiger charge is -2.17. The maximum atomic E-state index is 12.3. The number of carbonyl (C=O) groups is 3. The van der Waals surface area contributed by atoms with E-state index in [2.05, 4.69) is 31.9 Å². The van der Waals surface area contributed by atoms with Crippen molar-refractivity contribution in [3.63, 3.8) is 0 Å². The molecule has 0 radical (unpaired) electrons. The molecule has 0 unspecified atom stereocenters. The number of amides is 3. The van der Waals surface area contributed by atoms with Gasteiger partial charge in [0.25, 0.3) is 11.8 Å². The Hall–Kier alpha value is -2.67. The quantitative estimate of drug-likeness (QED) is 0.616. The molecule has 0 bridgehead atoms. The second kappa shape index (κ2) is 8.81. The zero-order valence-corrected chi connectivity index (χ0v) is 16.3. The van der Waals surface area contributed by atoms with Gasteiger partial charge in [0.15, 0.2) is 0 Å². The average molecular weight is 430 g/mol. The number of fused-ring (bicyclic) bond motifs is 1. The molecule has 140 valence electrons. The Morgan fingerprint density at radius 3 is 2.26 bits per heavy atom. The molecule has 0 atom stereocenters. The van der Waals surface area contributed by atoms with Crippen LogP contribution in [0.2, 0.25) is 0 Å². The minimum absolute atomic E-state index is 0.00452. The Morgan fingerprint density at radius 1 is 0.926 bits per heavy atom. The minimum Gasteiger partial charge on any atom is -0.352 e. The standard InChI is InChI=1S/C20H20BrN3O3/c21-16-6-2-13(3-7-16)19(26)22-10-1-11-23-20(27)15-4-8-17-14(12-15)5-9-18(25)24-17/h2-4,6-8,12H,1,5,9-11H2,(H,22,26)(H,23,27)(H,24,25). The number of halogens is 1. The first kappa shape index (κ1) is 19.1. The molecule has 6 nitrogen and oxygen atoms in total. The highest BCUT2D eigenvalue weighted by Crippen LogP contribution is 2.23. The van der Waals surface area contributed by atoms with Crippen molar-refractivity contribution in [1.82, 2.24) is 10.6 Å². The van der Waals surface area contributed by atoms with E-state index in [4.69, 9.17) is 0 Å². The van der Waals surface area contributed by atoms with E-state index in [1.807, 2.05) is 18.2 Å². The van der Waals surface area contributed by atoms with E-state index in [9.17, 15) is 14.4 Å². The number of rotatable bonds is 6. The van der Waals surface area contributed by atoms with E-state index < -0.39 is 0 Å². The molecule has 0 saturated heterocycles. The van der Waals surface area contributed by atoms with Gasteiger partial charge in [-0.25, -0.2) is 0 Å². The fourth-order valence-corrected chi connectivity index (χ4v) is 3.09. The molecule has 3 N–H and O–H groups in total. The third-order valence-corrected chi connectivity index (χ3v) is 4.82. The van der Waals surface area contributed by atoms with Crippen LogP contribution in [0.3, 0.4) is 0 Å². The summed E-state index contributed by atoms with van der Waals surface area (Å²) in [5.74, 6) is -0.288. The van der Waals surface area contributed by atoms with E-state index in [-0.39, 0.29) is 17.7 Å². The van der Waals surface area contributed by atoms with E-state index in [0.29, 0.717) is 43.5 Å². The molecule has 27 heavy (non-hydrogen) atoms. The molecule has 7 heteroatoms. The number of hydrogen-bond acceptors (Lipinski definition) is 3. The summed E-state index contributed by atoms with van der Waals surface area (Å²) in [6.45, 7) is 0.943. The lowest BCUT2D eigenvalue weighted by Crippen LogP contribution is -2.30. The molecule has 1 aliphatic heterocycles. The first-order valence-electron chi connectivity index (χ1n) is 8.77. The molecule has 0 fully saturated rings. The van der Waals surface area contributed by atoms with Crippen molar-refractivity contribution in [2.24, 2.45) is 0 Å². The number of anilines is 1. The third kappa shape index (κ3) is 5.17. The van der Waals surface area contributed by atoms with Crippen LogP contribution in [0, 0.1) is 0 Å². The highest BCUT2D eigenvalue weighted by atomic mass is 79.9. The van der Waals surface area contributed by atoms with Gasteiger partial charge in [0.05, 0.1) is 0 Å². The van der Waals surface area contributed by atoms with Crippen molar-refractivity contribution in [3.05, 3.63) is 63.6 Å². The first-order chi connectivity index (χ1) is 13.0. The van der Waals surface area contributed by atoms with Gasteiger partial charge in [0, 0.05) is 40.8 Å². The molecule has 0 aromatic heterocycles. The Morgan fingerprint density at radius 2 is 1.56 bits per heavy atom. The van der Waals surface area contributed by atoms with E-state index in [1.165, 1.54) is 0 Å². The van der Waals surface area contributed by atoms with E-state index in [1.54, 1.807) is 24.3 Å². The van der Waals surface area contributed by atoms with Gasteiger partial charge in [-0.15, -0.1) is 0 Å². The van der Waals surface area contributed by atoms with Crippen LogP contribution in [0.4, 0.5) is 5.69 Å². The SMILES string of the molecule is O=C1CCc2cc(C(=O)NCCCNC(=O)c3ccc(Br)cc3)ccc2N1. The number of aryl methyl sites for hydroxylation is 1. The summed E-state index contributed by atoms with van der Waals surface area (Å²) in [4.78, 5) is 35.6. The molecule has 0 saturated carbocycles. The van der Waals surface area contributed by atoms with Crippen LogP contribution in [0.5, 0.6) is 0 Å². The van der Waals surface area contributed by atoms with Gasteiger partial charge in [-0.3, -0.25) is 14.4 Å². The zero-order valence-electron chi connectivity index (χ0n) is 14.7. The number of carbonyl (C=O) groups excluding carboxylic acids is 3. The Bertz CT molecular complexity index is 865. The lowest BCUT2D eigenvalue weighted by atomic mass is 10.00. The fourth-order valence-electron chi connectivity index (χ4n) is 2.82. The summed E-state index contributed by atoms with van der Waals surface area (Å²) in [6, 6.07) is 12.4. The van der Waals surface area contributed by atoms with Crippen LogP contribution < -0.4 is 16.0 Å². The molecular weight excluding hydrogens is 410 g/mol. The van der Waals surface area contributed by atoms with Gasteiger partial charge in [-0.05, 0) is 60.9 Å². The minimum atomic E-state index is -0.158. The normalized spacial score (nSPS) is 12.7. The zero-order chi connectivity index (χ0) is 19.2. The van der Waals surface area contributed by atoms with Crippen LogP contribution in [0.1, 0.15) is 39.1 Å². The summed E-state index contributed by atoms with van der Waals surface area (Å²) in [5.41, 5.74) is 2.93.